The van der Waals surface area contributed by atoms with Gasteiger partial charge in [0.05, 0.1) is 6.20 Å². The van der Waals surface area contributed by atoms with E-state index in [9.17, 15) is 36.2 Å². The molecule has 226 valence electrons. The molecule has 13 heteroatoms. The normalized spacial score (nSPS) is 11.8. The molecule has 0 bridgehead atoms. The molecule has 0 aliphatic carbocycles. The summed E-state index contributed by atoms with van der Waals surface area (Å²) >= 11 is 0. The van der Waals surface area contributed by atoms with Gasteiger partial charge in [-0.1, -0.05) is 48.5 Å². The summed E-state index contributed by atoms with van der Waals surface area (Å²) in [5.41, 5.74) is 1.69. The predicted octanol–water partition coefficient (Wildman–Crippen LogP) is 8.10. The van der Waals surface area contributed by atoms with E-state index in [-0.39, 0.29) is 18.2 Å². The third-order valence-electron chi connectivity index (χ3n) is 6.58. The molecule has 0 aliphatic rings. The number of alkyl halides is 6. The number of hydrogen-bond donors (Lipinski definition) is 1. The van der Waals surface area contributed by atoms with E-state index in [2.05, 4.69) is 14.8 Å². The Morgan fingerprint density at radius 2 is 1.59 bits per heavy atom. The summed E-state index contributed by atoms with van der Waals surface area (Å²) in [5, 5.41) is 12.9. The quantitative estimate of drug-likeness (QED) is 0.178. The lowest BCUT2D eigenvalue weighted by atomic mass is 10.00. The first kappa shape index (κ1) is 30.1. The number of nitrogens with zero attached hydrogens (tertiary/aromatic N) is 3. The zero-order valence-electron chi connectivity index (χ0n) is 22.6. The Morgan fingerprint density at radius 1 is 0.886 bits per heavy atom. The molecule has 0 fully saturated rings. The number of ether oxygens (including phenoxy) is 2. The van der Waals surface area contributed by atoms with Crippen molar-refractivity contribution in [2.24, 2.45) is 0 Å². The van der Waals surface area contributed by atoms with Crippen LogP contribution in [0.25, 0.3) is 28.1 Å². The number of carbonyl (C=O) groups is 1. The van der Waals surface area contributed by atoms with Crippen LogP contribution in [0.4, 0.5) is 26.3 Å². The molecule has 0 spiro atoms. The maximum atomic E-state index is 13.7. The molecule has 0 radical (unpaired) electrons. The average molecular weight is 614 g/mol. The van der Waals surface area contributed by atoms with Crippen LogP contribution in [-0.4, -0.2) is 32.2 Å². The topological polar surface area (TPSA) is 86.5 Å². The van der Waals surface area contributed by atoms with Crippen LogP contribution in [0.3, 0.4) is 0 Å². The second-order valence-electron chi connectivity index (χ2n) is 9.52. The first-order valence-corrected chi connectivity index (χ1v) is 12.8. The van der Waals surface area contributed by atoms with Crippen LogP contribution in [0.1, 0.15) is 27.2 Å². The van der Waals surface area contributed by atoms with Crippen molar-refractivity contribution in [3.8, 4) is 39.6 Å². The monoisotopic (exact) mass is 613 g/mol. The van der Waals surface area contributed by atoms with Crippen LogP contribution in [0.2, 0.25) is 0 Å². The smallest absolute Gasteiger partial charge is 0.488 e. The highest BCUT2D eigenvalue weighted by molar-refractivity contribution is 5.89. The molecular formula is C31H21F6N3O4. The molecule has 0 unspecified atom stereocenters. The van der Waals surface area contributed by atoms with Crippen LogP contribution in [0.15, 0.2) is 91.3 Å². The minimum absolute atomic E-state index is 0.138. The molecule has 0 saturated carbocycles. The molecular weight excluding hydrogens is 592 g/mol. The van der Waals surface area contributed by atoms with Crippen molar-refractivity contribution in [2.45, 2.75) is 26.1 Å². The SMILES string of the molecule is Cc1cc(-c2ccc(OC(F)(F)F)cc2)ccc1COc1ccccc1-c1ccnc(-n2ncc(C(=O)O)c2C(F)(F)F)c1. The molecule has 1 N–H and O–H groups in total. The number of rotatable bonds is 8. The second-order valence-corrected chi connectivity index (χ2v) is 9.52. The summed E-state index contributed by atoms with van der Waals surface area (Å²) < 4.78 is 89.1. The molecule has 0 saturated heterocycles. The lowest BCUT2D eigenvalue weighted by Crippen LogP contribution is -2.18. The first-order chi connectivity index (χ1) is 20.8. The highest BCUT2D eigenvalue weighted by atomic mass is 19.4. The van der Waals surface area contributed by atoms with Gasteiger partial charge in [0.1, 0.15) is 23.7 Å². The Morgan fingerprint density at radius 3 is 2.25 bits per heavy atom. The fourth-order valence-corrected chi connectivity index (χ4v) is 4.53. The minimum Gasteiger partial charge on any atom is -0.488 e. The Kier molecular flexibility index (Phi) is 8.05. The van der Waals surface area contributed by atoms with Gasteiger partial charge in [0.15, 0.2) is 11.5 Å². The first-order valence-electron chi connectivity index (χ1n) is 12.8. The molecule has 0 amide bonds. The molecule has 2 heterocycles. The van der Waals surface area contributed by atoms with E-state index in [1.807, 2.05) is 19.1 Å². The van der Waals surface area contributed by atoms with Gasteiger partial charge in [-0.15, -0.1) is 13.2 Å². The third-order valence-corrected chi connectivity index (χ3v) is 6.58. The van der Waals surface area contributed by atoms with Gasteiger partial charge in [0, 0.05) is 11.8 Å². The third kappa shape index (κ3) is 6.66. The van der Waals surface area contributed by atoms with E-state index < -0.39 is 29.8 Å². The van der Waals surface area contributed by atoms with Crippen molar-refractivity contribution in [1.29, 1.82) is 0 Å². The number of aryl methyl sites for hydroxylation is 1. The minimum atomic E-state index is -5.00. The molecule has 2 aromatic heterocycles. The van der Waals surface area contributed by atoms with Crippen molar-refractivity contribution in [3.05, 3.63) is 114 Å². The molecule has 0 aliphatic heterocycles. The van der Waals surface area contributed by atoms with Crippen molar-refractivity contribution in [1.82, 2.24) is 14.8 Å². The number of aromatic nitrogens is 3. The van der Waals surface area contributed by atoms with E-state index in [0.29, 0.717) is 33.3 Å². The maximum absolute atomic E-state index is 13.7. The lowest BCUT2D eigenvalue weighted by molar-refractivity contribution is -0.274. The number of benzene rings is 3. The molecule has 7 nitrogen and oxygen atoms in total. The van der Waals surface area contributed by atoms with Crippen molar-refractivity contribution in [2.75, 3.05) is 0 Å². The Hall–Kier alpha value is -5.33. The van der Waals surface area contributed by atoms with Crippen LogP contribution in [0, 0.1) is 6.92 Å². The number of carboxylic acid groups (broad SMARTS) is 1. The molecule has 3 aromatic carbocycles. The van der Waals surface area contributed by atoms with E-state index in [1.165, 1.54) is 36.5 Å². The van der Waals surface area contributed by atoms with Gasteiger partial charge in [-0.3, -0.25) is 0 Å². The summed E-state index contributed by atoms with van der Waals surface area (Å²) in [5.74, 6) is -1.90. The Labute approximate surface area is 245 Å². The van der Waals surface area contributed by atoms with Crippen molar-refractivity contribution >= 4 is 5.97 Å². The zero-order chi connectivity index (χ0) is 31.6. The Bertz CT molecular complexity index is 1810. The van der Waals surface area contributed by atoms with Gasteiger partial charge in [0.25, 0.3) is 0 Å². The number of hydrogen-bond acceptors (Lipinski definition) is 5. The van der Waals surface area contributed by atoms with Crippen LogP contribution in [-0.2, 0) is 12.8 Å². The van der Waals surface area contributed by atoms with E-state index in [1.54, 1.807) is 36.4 Å². The zero-order valence-corrected chi connectivity index (χ0v) is 22.6. The number of halogens is 6. The predicted molar refractivity (Wildman–Crippen MR) is 146 cm³/mol. The number of pyridine rings is 1. The van der Waals surface area contributed by atoms with Crippen LogP contribution < -0.4 is 9.47 Å². The summed E-state index contributed by atoms with van der Waals surface area (Å²) in [6.45, 7) is 2.00. The van der Waals surface area contributed by atoms with Gasteiger partial charge in [0.2, 0.25) is 0 Å². The molecule has 5 aromatic rings. The lowest BCUT2D eigenvalue weighted by Gasteiger charge is -2.15. The number of carboxylic acids is 1. The molecule has 44 heavy (non-hydrogen) atoms. The van der Waals surface area contributed by atoms with E-state index >= 15 is 0 Å². The van der Waals surface area contributed by atoms with E-state index in [0.717, 1.165) is 16.7 Å². The largest absolute Gasteiger partial charge is 0.573 e. The van der Waals surface area contributed by atoms with Gasteiger partial charge in [-0.05, 0) is 65.1 Å². The number of para-hydroxylation sites is 1. The van der Waals surface area contributed by atoms with Gasteiger partial charge < -0.3 is 14.6 Å². The second kappa shape index (κ2) is 11.7. The molecule has 5 rings (SSSR count). The molecule has 0 atom stereocenters. The highest BCUT2D eigenvalue weighted by Crippen LogP contribution is 2.36. The van der Waals surface area contributed by atoms with Gasteiger partial charge in [-0.2, -0.15) is 18.3 Å². The van der Waals surface area contributed by atoms with Gasteiger partial charge >= 0.3 is 18.5 Å². The number of aromatic carboxylic acids is 1. The fraction of sp³-hybridized carbons (Fsp3) is 0.129. The van der Waals surface area contributed by atoms with Crippen LogP contribution in [0.5, 0.6) is 11.5 Å². The Balaban J connectivity index is 1.37. The standard InChI is InChI=1S/C31H21F6N3O4/c1-18-14-20(19-8-10-23(11-9-19)44-31(35,36)37)6-7-22(18)17-43-26-5-3-2-4-24(26)21-12-13-38-27(15-21)40-28(30(32,33)34)25(16-39-40)29(41)42/h2-16H,17H2,1H3,(H,41,42). The summed E-state index contributed by atoms with van der Waals surface area (Å²) in [4.78, 5) is 15.4. The summed E-state index contributed by atoms with van der Waals surface area (Å²) in [6, 6.07) is 20.8. The maximum Gasteiger partial charge on any atom is 0.573 e. The summed E-state index contributed by atoms with van der Waals surface area (Å²) in [7, 11) is 0. The van der Waals surface area contributed by atoms with E-state index in [4.69, 9.17) is 4.74 Å². The summed E-state index contributed by atoms with van der Waals surface area (Å²) in [6.07, 6.45) is -7.86. The van der Waals surface area contributed by atoms with Crippen molar-refractivity contribution < 1.29 is 45.7 Å². The highest BCUT2D eigenvalue weighted by Gasteiger charge is 2.41. The average Bonchev–Trinajstić information content (AvgIpc) is 3.43. The van der Waals surface area contributed by atoms with Crippen LogP contribution >= 0.6 is 0 Å². The fourth-order valence-electron chi connectivity index (χ4n) is 4.53. The van der Waals surface area contributed by atoms with Gasteiger partial charge in [-0.25, -0.2) is 14.5 Å². The van der Waals surface area contributed by atoms with Crippen molar-refractivity contribution in [3.63, 3.8) is 0 Å².